The van der Waals surface area contributed by atoms with Crippen molar-refractivity contribution in [2.75, 3.05) is 18.4 Å². The largest absolute Gasteiger partial charge is 0.489 e. The fourth-order valence-corrected chi connectivity index (χ4v) is 4.10. The van der Waals surface area contributed by atoms with E-state index in [9.17, 15) is 0 Å². The van der Waals surface area contributed by atoms with Crippen molar-refractivity contribution in [3.63, 3.8) is 0 Å². The van der Waals surface area contributed by atoms with Crippen LogP contribution in [0.25, 0.3) is 16.6 Å². The van der Waals surface area contributed by atoms with Gasteiger partial charge in [-0.2, -0.15) is 5.10 Å². The van der Waals surface area contributed by atoms with Crippen molar-refractivity contribution in [1.82, 2.24) is 29.9 Å². The second-order valence-electron chi connectivity index (χ2n) is 8.27. The zero-order valence-corrected chi connectivity index (χ0v) is 18.6. The highest BCUT2D eigenvalue weighted by atomic mass is 16.5. The van der Waals surface area contributed by atoms with E-state index in [4.69, 9.17) is 9.47 Å². The summed E-state index contributed by atoms with van der Waals surface area (Å²) in [6.45, 7) is 3.87. The number of aryl methyl sites for hydroxylation is 1. The van der Waals surface area contributed by atoms with E-state index in [1.165, 1.54) is 6.33 Å². The van der Waals surface area contributed by atoms with Crippen molar-refractivity contribution >= 4 is 28.1 Å². The highest BCUT2D eigenvalue weighted by molar-refractivity contribution is 5.91. The van der Waals surface area contributed by atoms with Gasteiger partial charge < -0.3 is 20.1 Å². The van der Waals surface area contributed by atoms with Crippen LogP contribution < -0.4 is 20.1 Å². The van der Waals surface area contributed by atoms with Gasteiger partial charge in [0.25, 0.3) is 0 Å². The van der Waals surface area contributed by atoms with Gasteiger partial charge in [-0.05, 0) is 67.9 Å². The average molecular weight is 454 g/mol. The molecule has 1 atom stereocenters. The molecule has 3 aromatic heterocycles. The number of nitrogens with one attached hydrogen (secondary N) is 2. The lowest BCUT2D eigenvalue weighted by Gasteiger charge is -2.15. The molecule has 34 heavy (non-hydrogen) atoms. The van der Waals surface area contributed by atoms with E-state index in [1.54, 1.807) is 10.8 Å². The summed E-state index contributed by atoms with van der Waals surface area (Å²) in [5, 5.41) is 11.8. The molecule has 0 amide bonds. The molecule has 0 unspecified atom stereocenters. The number of ether oxygens (including phenoxy) is 2. The second kappa shape index (κ2) is 8.60. The van der Waals surface area contributed by atoms with Crippen LogP contribution in [0.1, 0.15) is 12.0 Å². The number of rotatable bonds is 6. The molecule has 170 valence electrons. The Bertz CT molecular complexity index is 1480. The third kappa shape index (κ3) is 4.08. The van der Waals surface area contributed by atoms with Gasteiger partial charge in [-0.3, -0.25) is 0 Å². The Morgan fingerprint density at radius 3 is 2.85 bits per heavy atom. The Kier molecular flexibility index (Phi) is 5.15. The quantitative estimate of drug-likeness (QED) is 0.394. The number of aromatic nitrogens is 5. The molecule has 9 heteroatoms. The van der Waals surface area contributed by atoms with Crippen molar-refractivity contribution in [2.24, 2.45) is 0 Å². The fraction of sp³-hybridized carbons (Fsp3) is 0.200. The number of hydrogen-bond acceptors (Lipinski definition) is 8. The summed E-state index contributed by atoms with van der Waals surface area (Å²) in [5.74, 6) is 3.02. The molecule has 0 saturated carbocycles. The predicted molar refractivity (Wildman–Crippen MR) is 129 cm³/mol. The van der Waals surface area contributed by atoms with Crippen molar-refractivity contribution in [2.45, 2.75) is 19.4 Å². The van der Waals surface area contributed by atoms with Crippen LogP contribution in [0, 0.1) is 6.92 Å². The number of fused-ring (bicyclic) bond motifs is 2. The van der Waals surface area contributed by atoms with Crippen LogP contribution in [0.3, 0.4) is 0 Å². The minimum absolute atomic E-state index is 0.194. The molecular weight excluding hydrogens is 430 g/mol. The van der Waals surface area contributed by atoms with Gasteiger partial charge in [0.2, 0.25) is 0 Å². The first kappa shape index (κ1) is 20.4. The third-order valence-corrected chi connectivity index (χ3v) is 5.84. The van der Waals surface area contributed by atoms with Gasteiger partial charge in [0.15, 0.2) is 5.65 Å². The van der Waals surface area contributed by atoms with Gasteiger partial charge in [-0.15, -0.1) is 0 Å². The fourth-order valence-electron chi connectivity index (χ4n) is 4.10. The summed E-state index contributed by atoms with van der Waals surface area (Å²) >= 11 is 0. The van der Waals surface area contributed by atoms with E-state index >= 15 is 0 Å². The highest BCUT2D eigenvalue weighted by Gasteiger charge is 2.16. The SMILES string of the molecule is Cc1cc(Nc2ncnc3ccc(O[C@@H]4CCNC4)cc23)ccc1Oc1ccn2ncnc2c1. The predicted octanol–water partition coefficient (Wildman–Crippen LogP) is 4.26. The molecule has 0 radical (unpaired) electrons. The van der Waals surface area contributed by atoms with Crippen LogP contribution in [0.2, 0.25) is 0 Å². The maximum atomic E-state index is 6.13. The van der Waals surface area contributed by atoms with E-state index < -0.39 is 0 Å². The van der Waals surface area contributed by atoms with E-state index in [-0.39, 0.29) is 6.10 Å². The Morgan fingerprint density at radius 2 is 1.97 bits per heavy atom. The summed E-state index contributed by atoms with van der Waals surface area (Å²) in [6, 6.07) is 15.6. The molecule has 1 saturated heterocycles. The van der Waals surface area contributed by atoms with Gasteiger partial charge in [-0.25, -0.2) is 19.5 Å². The van der Waals surface area contributed by atoms with Crippen LogP contribution in [0.5, 0.6) is 17.2 Å². The lowest BCUT2D eigenvalue weighted by atomic mass is 10.2. The molecule has 2 N–H and O–H groups in total. The van der Waals surface area contributed by atoms with Crippen LogP contribution in [-0.4, -0.2) is 43.8 Å². The first-order chi connectivity index (χ1) is 16.7. The van der Waals surface area contributed by atoms with Gasteiger partial charge in [0.05, 0.1) is 5.52 Å². The minimum Gasteiger partial charge on any atom is -0.489 e. The molecule has 5 aromatic rings. The van der Waals surface area contributed by atoms with Gasteiger partial charge >= 0.3 is 0 Å². The smallest absolute Gasteiger partial charge is 0.158 e. The standard InChI is InChI=1S/C25H23N7O2/c1-16-10-17(2-5-23(16)34-19-7-9-32-24(12-19)28-15-30-32)31-25-21-11-18(33-20-6-8-26-13-20)3-4-22(21)27-14-29-25/h2-5,7,9-12,14-15,20,26H,6,8,13H2,1H3,(H,27,29,31)/t20-/m1/s1. The molecule has 1 fully saturated rings. The number of anilines is 2. The van der Waals surface area contributed by atoms with Gasteiger partial charge in [-0.1, -0.05) is 0 Å². The lowest BCUT2D eigenvalue weighted by molar-refractivity contribution is 0.223. The number of hydrogen-bond donors (Lipinski definition) is 2. The average Bonchev–Trinajstić information content (AvgIpc) is 3.53. The lowest BCUT2D eigenvalue weighted by Crippen LogP contribution is -2.19. The maximum absolute atomic E-state index is 6.13. The van der Waals surface area contributed by atoms with E-state index in [2.05, 4.69) is 30.7 Å². The molecule has 0 spiro atoms. The molecule has 9 nitrogen and oxygen atoms in total. The molecule has 0 bridgehead atoms. The summed E-state index contributed by atoms with van der Waals surface area (Å²) in [4.78, 5) is 13.1. The molecule has 2 aromatic carbocycles. The van der Waals surface area contributed by atoms with Crippen molar-refractivity contribution in [3.05, 3.63) is 72.9 Å². The molecule has 1 aliphatic rings. The highest BCUT2D eigenvalue weighted by Crippen LogP contribution is 2.31. The number of nitrogens with zero attached hydrogens (tertiary/aromatic N) is 5. The van der Waals surface area contributed by atoms with Crippen LogP contribution in [-0.2, 0) is 0 Å². The van der Waals surface area contributed by atoms with Gasteiger partial charge in [0, 0.05) is 29.9 Å². The zero-order chi connectivity index (χ0) is 22.9. The normalized spacial score (nSPS) is 15.6. The van der Waals surface area contributed by atoms with Crippen LogP contribution >= 0.6 is 0 Å². The minimum atomic E-state index is 0.194. The molecule has 4 heterocycles. The summed E-state index contributed by atoms with van der Waals surface area (Å²) < 4.78 is 13.9. The maximum Gasteiger partial charge on any atom is 0.158 e. The van der Waals surface area contributed by atoms with E-state index in [0.717, 1.165) is 64.6 Å². The monoisotopic (exact) mass is 453 g/mol. The Hall–Kier alpha value is -4.24. The Morgan fingerprint density at radius 1 is 1.00 bits per heavy atom. The molecule has 0 aliphatic carbocycles. The number of benzene rings is 2. The third-order valence-electron chi connectivity index (χ3n) is 5.84. The second-order valence-corrected chi connectivity index (χ2v) is 8.27. The topological polar surface area (TPSA) is 98.5 Å². The van der Waals surface area contributed by atoms with Crippen LogP contribution in [0.4, 0.5) is 11.5 Å². The molecule has 1 aliphatic heterocycles. The van der Waals surface area contributed by atoms with Gasteiger partial charge in [0.1, 0.15) is 41.8 Å². The zero-order valence-electron chi connectivity index (χ0n) is 18.6. The van der Waals surface area contributed by atoms with E-state index in [1.807, 2.05) is 61.7 Å². The number of pyridine rings is 1. The molecular formula is C25H23N7O2. The Labute approximate surface area is 195 Å². The summed E-state index contributed by atoms with van der Waals surface area (Å²) in [6.07, 6.45) is 6.11. The Balaban J connectivity index is 1.23. The van der Waals surface area contributed by atoms with Crippen molar-refractivity contribution in [3.8, 4) is 17.2 Å². The van der Waals surface area contributed by atoms with E-state index in [0.29, 0.717) is 5.75 Å². The van der Waals surface area contributed by atoms with Crippen molar-refractivity contribution < 1.29 is 9.47 Å². The van der Waals surface area contributed by atoms with Crippen LogP contribution in [0.15, 0.2) is 67.4 Å². The summed E-state index contributed by atoms with van der Waals surface area (Å²) in [5.41, 5.74) is 3.48. The summed E-state index contributed by atoms with van der Waals surface area (Å²) in [7, 11) is 0. The first-order valence-corrected chi connectivity index (χ1v) is 11.2. The molecule has 6 rings (SSSR count). The first-order valence-electron chi connectivity index (χ1n) is 11.2. The van der Waals surface area contributed by atoms with Crippen molar-refractivity contribution in [1.29, 1.82) is 0 Å².